The van der Waals surface area contributed by atoms with Crippen LogP contribution in [0.3, 0.4) is 0 Å². The fourth-order valence-electron chi connectivity index (χ4n) is 2.41. The number of para-hydroxylation sites is 1. The summed E-state index contributed by atoms with van der Waals surface area (Å²) < 4.78 is 15.6. The van der Waals surface area contributed by atoms with Gasteiger partial charge >= 0.3 is 0 Å². The zero-order valence-electron chi connectivity index (χ0n) is 9.40. The van der Waals surface area contributed by atoms with Crippen molar-refractivity contribution in [2.45, 2.75) is 18.9 Å². The Labute approximate surface area is 103 Å². The van der Waals surface area contributed by atoms with Gasteiger partial charge in [-0.3, -0.25) is 0 Å². The number of imidazole rings is 1. The Bertz CT molecular complexity index is 546. The number of anilines is 1. The molecule has 5 heteroatoms. The largest absolute Gasteiger partial charge is 0.369 e. The van der Waals surface area contributed by atoms with Crippen molar-refractivity contribution in [2.24, 2.45) is 0 Å². The fraction of sp³-hybridized carbons (Fsp3) is 0.417. The van der Waals surface area contributed by atoms with Gasteiger partial charge in [0.05, 0.1) is 5.52 Å². The van der Waals surface area contributed by atoms with Crippen LogP contribution < -0.4 is 5.73 Å². The highest BCUT2D eigenvalue weighted by molar-refractivity contribution is 7.99. The second-order valence-electron chi connectivity index (χ2n) is 4.32. The summed E-state index contributed by atoms with van der Waals surface area (Å²) in [5, 5.41) is 0. The molecule has 3 nitrogen and oxygen atoms in total. The molecule has 90 valence electrons. The maximum absolute atomic E-state index is 13.6. The first kappa shape index (κ1) is 10.9. The van der Waals surface area contributed by atoms with Crippen LogP contribution in [0.25, 0.3) is 11.0 Å². The number of hydrogen-bond donors (Lipinski definition) is 1. The Kier molecular flexibility index (Phi) is 2.70. The second kappa shape index (κ2) is 4.22. The summed E-state index contributed by atoms with van der Waals surface area (Å²) >= 11 is 1.92. The van der Waals surface area contributed by atoms with E-state index < -0.39 is 0 Å². The smallest absolute Gasteiger partial charge is 0.201 e. The van der Waals surface area contributed by atoms with Crippen LogP contribution in [0.1, 0.15) is 18.9 Å². The minimum absolute atomic E-state index is 0.295. The quantitative estimate of drug-likeness (QED) is 0.847. The van der Waals surface area contributed by atoms with E-state index in [2.05, 4.69) is 4.98 Å². The van der Waals surface area contributed by atoms with Gasteiger partial charge in [0.2, 0.25) is 5.95 Å². The topological polar surface area (TPSA) is 43.8 Å². The zero-order chi connectivity index (χ0) is 11.8. The maximum atomic E-state index is 13.6. The summed E-state index contributed by atoms with van der Waals surface area (Å²) in [6.45, 7) is 0. The number of aromatic nitrogens is 2. The average Bonchev–Trinajstić information content (AvgIpc) is 2.68. The summed E-state index contributed by atoms with van der Waals surface area (Å²) in [5.74, 6) is 2.37. The molecule has 0 aliphatic carbocycles. The van der Waals surface area contributed by atoms with Gasteiger partial charge in [-0.1, -0.05) is 6.07 Å². The Hall–Kier alpha value is -1.23. The van der Waals surface area contributed by atoms with E-state index in [9.17, 15) is 4.39 Å². The third-order valence-electron chi connectivity index (χ3n) is 3.20. The van der Waals surface area contributed by atoms with Crippen molar-refractivity contribution in [3.8, 4) is 0 Å². The van der Waals surface area contributed by atoms with Crippen LogP contribution in [-0.4, -0.2) is 21.1 Å². The molecule has 1 aliphatic heterocycles. The molecule has 1 atom stereocenters. The molecular weight excluding hydrogens is 237 g/mol. The third kappa shape index (κ3) is 1.78. The molecule has 2 N–H and O–H groups in total. The Morgan fingerprint density at radius 2 is 2.35 bits per heavy atom. The average molecular weight is 251 g/mol. The fourth-order valence-corrected chi connectivity index (χ4v) is 3.54. The van der Waals surface area contributed by atoms with Crippen LogP contribution in [0.5, 0.6) is 0 Å². The highest BCUT2D eigenvalue weighted by atomic mass is 32.2. The number of thioether (sulfide) groups is 1. The highest BCUT2D eigenvalue weighted by Crippen LogP contribution is 2.32. The second-order valence-corrected chi connectivity index (χ2v) is 5.47. The van der Waals surface area contributed by atoms with Crippen molar-refractivity contribution in [3.05, 3.63) is 24.0 Å². The number of nitrogen functional groups attached to an aromatic ring is 1. The van der Waals surface area contributed by atoms with Gasteiger partial charge in [-0.2, -0.15) is 11.8 Å². The molecule has 0 saturated carbocycles. The lowest BCUT2D eigenvalue weighted by molar-refractivity contribution is 0.517. The molecule has 2 aromatic rings. The van der Waals surface area contributed by atoms with Crippen molar-refractivity contribution in [1.82, 2.24) is 9.55 Å². The summed E-state index contributed by atoms with van der Waals surface area (Å²) in [6.07, 6.45) is 2.28. The normalized spacial score (nSPS) is 20.9. The van der Waals surface area contributed by atoms with E-state index in [0.29, 0.717) is 17.5 Å². The molecule has 1 unspecified atom stereocenters. The van der Waals surface area contributed by atoms with E-state index in [1.807, 2.05) is 22.4 Å². The van der Waals surface area contributed by atoms with E-state index in [1.165, 1.54) is 18.2 Å². The summed E-state index contributed by atoms with van der Waals surface area (Å²) in [4.78, 5) is 4.14. The molecular formula is C12H14FN3S. The minimum Gasteiger partial charge on any atom is -0.369 e. The molecule has 0 spiro atoms. The van der Waals surface area contributed by atoms with Crippen LogP contribution in [0, 0.1) is 5.82 Å². The summed E-state index contributed by atoms with van der Waals surface area (Å²) in [5.41, 5.74) is 7.13. The molecule has 0 radical (unpaired) electrons. The lowest BCUT2D eigenvalue weighted by Crippen LogP contribution is -2.17. The molecule has 17 heavy (non-hydrogen) atoms. The van der Waals surface area contributed by atoms with Crippen LogP contribution in [0.2, 0.25) is 0 Å². The maximum Gasteiger partial charge on any atom is 0.201 e. The first-order chi connectivity index (χ1) is 8.27. The number of nitrogens with zero attached hydrogens (tertiary/aromatic N) is 2. The Balaban J connectivity index is 2.14. The van der Waals surface area contributed by atoms with E-state index in [4.69, 9.17) is 5.73 Å². The molecule has 1 aromatic heterocycles. The van der Waals surface area contributed by atoms with Gasteiger partial charge < -0.3 is 10.3 Å². The Morgan fingerprint density at radius 1 is 1.47 bits per heavy atom. The van der Waals surface area contributed by atoms with Gasteiger partial charge in [0.15, 0.2) is 5.82 Å². The number of rotatable bonds is 1. The van der Waals surface area contributed by atoms with E-state index >= 15 is 0 Å². The van der Waals surface area contributed by atoms with E-state index in [1.54, 1.807) is 6.07 Å². The van der Waals surface area contributed by atoms with Crippen molar-refractivity contribution in [1.29, 1.82) is 0 Å². The van der Waals surface area contributed by atoms with Crippen LogP contribution in [-0.2, 0) is 0 Å². The standard InChI is InChI=1S/C12H14FN3S/c13-9-4-1-5-10-11(9)15-12(14)16(10)8-3-2-6-17-7-8/h1,4-5,8H,2-3,6-7H2,(H2,14,15). The van der Waals surface area contributed by atoms with Gasteiger partial charge in [-0.15, -0.1) is 0 Å². The van der Waals surface area contributed by atoms with Gasteiger partial charge in [0.1, 0.15) is 5.52 Å². The van der Waals surface area contributed by atoms with Crippen LogP contribution >= 0.6 is 11.8 Å². The number of benzene rings is 1. The molecule has 0 bridgehead atoms. The van der Waals surface area contributed by atoms with E-state index in [-0.39, 0.29) is 5.82 Å². The lowest BCUT2D eigenvalue weighted by Gasteiger charge is -2.24. The molecule has 1 aromatic carbocycles. The van der Waals surface area contributed by atoms with E-state index in [0.717, 1.165) is 17.7 Å². The number of nitrogens with two attached hydrogens (primary N) is 1. The monoisotopic (exact) mass is 251 g/mol. The SMILES string of the molecule is Nc1nc2c(F)cccc2n1C1CCCSC1. The predicted octanol–water partition coefficient (Wildman–Crippen LogP) is 2.83. The molecule has 1 fully saturated rings. The van der Waals surface area contributed by atoms with Gasteiger partial charge in [-0.05, 0) is 30.7 Å². The number of hydrogen-bond acceptors (Lipinski definition) is 3. The van der Waals surface area contributed by atoms with Crippen molar-refractivity contribution in [3.63, 3.8) is 0 Å². The molecule has 0 amide bonds. The number of fused-ring (bicyclic) bond motifs is 1. The minimum atomic E-state index is -0.295. The molecule has 3 rings (SSSR count). The van der Waals surface area contributed by atoms with Gasteiger partial charge in [0.25, 0.3) is 0 Å². The summed E-state index contributed by atoms with van der Waals surface area (Å²) in [7, 11) is 0. The number of halogens is 1. The first-order valence-corrected chi connectivity index (χ1v) is 6.92. The highest BCUT2D eigenvalue weighted by Gasteiger charge is 2.21. The molecule has 1 aliphatic rings. The predicted molar refractivity (Wildman–Crippen MR) is 69.7 cm³/mol. The van der Waals surface area contributed by atoms with Gasteiger partial charge in [0, 0.05) is 11.8 Å². The summed E-state index contributed by atoms with van der Waals surface area (Å²) in [6, 6.07) is 5.38. The zero-order valence-corrected chi connectivity index (χ0v) is 10.2. The molecule has 1 saturated heterocycles. The van der Waals surface area contributed by atoms with Crippen molar-refractivity contribution in [2.75, 3.05) is 17.2 Å². The van der Waals surface area contributed by atoms with Crippen molar-refractivity contribution < 1.29 is 4.39 Å². The van der Waals surface area contributed by atoms with Gasteiger partial charge in [-0.25, -0.2) is 9.37 Å². The van der Waals surface area contributed by atoms with Crippen molar-refractivity contribution >= 4 is 28.7 Å². The first-order valence-electron chi connectivity index (χ1n) is 5.77. The van der Waals surface area contributed by atoms with Crippen LogP contribution in [0.15, 0.2) is 18.2 Å². The lowest BCUT2D eigenvalue weighted by atomic mass is 10.1. The molecule has 2 heterocycles. The Morgan fingerprint density at radius 3 is 3.12 bits per heavy atom. The third-order valence-corrected chi connectivity index (χ3v) is 4.40. The van der Waals surface area contributed by atoms with Crippen LogP contribution in [0.4, 0.5) is 10.3 Å².